The van der Waals surface area contributed by atoms with Gasteiger partial charge in [-0.1, -0.05) is 6.07 Å². The fourth-order valence-electron chi connectivity index (χ4n) is 4.03. The molecular formula is C26H26F3N5O5S. The Hall–Kier alpha value is -4.20. The van der Waals surface area contributed by atoms with Gasteiger partial charge in [0.05, 0.1) is 35.2 Å². The minimum absolute atomic E-state index is 0.109. The Kier molecular flexibility index (Phi) is 7.26. The zero-order valence-electron chi connectivity index (χ0n) is 22.1. The molecule has 1 aromatic carbocycles. The number of halogens is 3. The molecule has 0 radical (unpaired) electrons. The summed E-state index contributed by atoms with van der Waals surface area (Å²) in [4.78, 5) is 24.2. The fraction of sp³-hybridized carbons (Fsp3) is 0.308. The summed E-state index contributed by atoms with van der Waals surface area (Å²) in [5, 5.41) is 0. The summed E-state index contributed by atoms with van der Waals surface area (Å²) in [5.41, 5.74) is 9.16. The van der Waals surface area contributed by atoms with E-state index in [1.807, 2.05) is 0 Å². The third kappa shape index (κ3) is 4.94. The molecule has 0 aliphatic rings. The second-order valence-electron chi connectivity index (χ2n) is 9.54. The van der Waals surface area contributed by atoms with E-state index in [0.717, 1.165) is 6.92 Å². The van der Waals surface area contributed by atoms with Gasteiger partial charge in [0.15, 0.2) is 21.3 Å². The highest BCUT2D eigenvalue weighted by Crippen LogP contribution is 2.36. The molecule has 4 rings (SSSR count). The van der Waals surface area contributed by atoms with Crippen molar-refractivity contribution in [2.45, 2.75) is 49.6 Å². The van der Waals surface area contributed by atoms with Gasteiger partial charge in [-0.25, -0.2) is 28.2 Å². The van der Waals surface area contributed by atoms with E-state index in [1.54, 1.807) is 41.9 Å². The molecule has 14 heteroatoms. The van der Waals surface area contributed by atoms with E-state index >= 15 is 0 Å². The molecule has 0 aliphatic heterocycles. The van der Waals surface area contributed by atoms with Crippen LogP contribution in [0.2, 0.25) is 0 Å². The number of nitrogen functional groups attached to an aromatic ring is 1. The van der Waals surface area contributed by atoms with Crippen molar-refractivity contribution in [2.75, 3.05) is 12.8 Å². The monoisotopic (exact) mass is 577 g/mol. The number of carbonyl (C=O) groups is 1. The van der Waals surface area contributed by atoms with Gasteiger partial charge < -0.3 is 15.2 Å². The van der Waals surface area contributed by atoms with Crippen LogP contribution in [0, 0.1) is 6.92 Å². The molecule has 0 aliphatic carbocycles. The second kappa shape index (κ2) is 10.1. The molecule has 3 heterocycles. The number of ether oxygens (including phenoxy) is 2. The minimum Gasteiger partial charge on any atom is -0.481 e. The van der Waals surface area contributed by atoms with Gasteiger partial charge in [0, 0.05) is 18.0 Å². The number of nitrogens with two attached hydrogens (primary N) is 1. The quantitative estimate of drug-likeness (QED) is 0.317. The lowest BCUT2D eigenvalue weighted by atomic mass is 10.1. The molecule has 4 aromatic rings. The zero-order chi connectivity index (χ0) is 29.6. The van der Waals surface area contributed by atoms with Gasteiger partial charge in [-0.05, 0) is 57.5 Å². The predicted octanol–water partition coefficient (Wildman–Crippen LogP) is 4.40. The average molecular weight is 578 g/mol. The normalized spacial score (nSPS) is 13.3. The first-order chi connectivity index (χ1) is 18.6. The standard InChI is InChI=1S/C26H26F3N5O5S/c1-14-8-9-16(40(36,37)25(3,4)15(2)39-24(35)26(27,28)29)11-18(14)20-12-32-22-21(30)33-19(13-34(20)22)17-7-6-10-31-23(17)38-5/h6-13,15H,1-5H3,(H2,30,33). The van der Waals surface area contributed by atoms with Crippen LogP contribution in [-0.2, 0) is 19.4 Å². The number of carbonyl (C=O) groups excluding carboxylic acids is 1. The fourth-order valence-corrected chi connectivity index (χ4v) is 5.64. The molecule has 1 unspecified atom stereocenters. The van der Waals surface area contributed by atoms with Gasteiger partial charge in [0.2, 0.25) is 5.88 Å². The molecule has 1 atom stereocenters. The van der Waals surface area contributed by atoms with Crippen LogP contribution >= 0.6 is 0 Å². The minimum atomic E-state index is -5.26. The van der Waals surface area contributed by atoms with Gasteiger partial charge >= 0.3 is 12.1 Å². The molecule has 0 amide bonds. The molecule has 3 aromatic heterocycles. The molecular weight excluding hydrogens is 551 g/mol. The third-order valence-corrected chi connectivity index (χ3v) is 9.33. The van der Waals surface area contributed by atoms with Crippen LogP contribution < -0.4 is 10.5 Å². The Bertz CT molecular complexity index is 1720. The number of nitrogens with zero attached hydrogens (tertiary/aromatic N) is 4. The number of alkyl halides is 3. The lowest BCUT2D eigenvalue weighted by Crippen LogP contribution is -2.46. The number of imidazole rings is 1. The maximum atomic E-state index is 13.6. The number of pyridine rings is 1. The maximum absolute atomic E-state index is 13.6. The number of anilines is 1. The summed E-state index contributed by atoms with van der Waals surface area (Å²) < 4.78 is 75.1. The van der Waals surface area contributed by atoms with Gasteiger partial charge in [0.25, 0.3) is 0 Å². The van der Waals surface area contributed by atoms with Crippen LogP contribution in [0.4, 0.5) is 19.0 Å². The number of aromatic nitrogens is 4. The van der Waals surface area contributed by atoms with Gasteiger partial charge in [0.1, 0.15) is 10.9 Å². The summed E-state index contributed by atoms with van der Waals surface area (Å²) in [6.07, 6.45) is -2.14. The van der Waals surface area contributed by atoms with Crippen molar-refractivity contribution in [1.29, 1.82) is 0 Å². The van der Waals surface area contributed by atoms with Crippen LogP contribution in [0.1, 0.15) is 26.3 Å². The second-order valence-corrected chi connectivity index (χ2v) is 12.1. The van der Waals surface area contributed by atoms with E-state index in [0.29, 0.717) is 39.6 Å². The average Bonchev–Trinajstić information content (AvgIpc) is 3.32. The number of hydrogen-bond acceptors (Lipinski definition) is 9. The highest BCUT2D eigenvalue weighted by molar-refractivity contribution is 7.92. The predicted molar refractivity (Wildman–Crippen MR) is 140 cm³/mol. The molecule has 0 saturated carbocycles. The molecule has 10 nitrogen and oxygen atoms in total. The van der Waals surface area contributed by atoms with Gasteiger partial charge in [-0.3, -0.25) is 4.40 Å². The molecule has 0 spiro atoms. The van der Waals surface area contributed by atoms with Crippen molar-refractivity contribution < 1.29 is 35.9 Å². The van der Waals surface area contributed by atoms with Crippen molar-refractivity contribution in [3.63, 3.8) is 0 Å². The molecule has 0 saturated heterocycles. The first-order valence-electron chi connectivity index (χ1n) is 11.9. The van der Waals surface area contributed by atoms with Crippen molar-refractivity contribution in [3.05, 3.63) is 54.5 Å². The van der Waals surface area contributed by atoms with E-state index in [9.17, 15) is 26.4 Å². The Morgan fingerprint density at radius 3 is 2.48 bits per heavy atom. The Balaban J connectivity index is 1.82. The summed E-state index contributed by atoms with van der Waals surface area (Å²) in [5.74, 6) is -2.04. The van der Waals surface area contributed by atoms with E-state index in [1.165, 1.54) is 39.3 Å². The topological polar surface area (TPSA) is 139 Å². The lowest BCUT2D eigenvalue weighted by Gasteiger charge is -2.31. The van der Waals surface area contributed by atoms with Crippen LogP contribution in [0.25, 0.3) is 28.2 Å². The number of methoxy groups -OCH3 is 1. The summed E-state index contributed by atoms with van der Waals surface area (Å²) >= 11 is 0. The van der Waals surface area contributed by atoms with Crippen LogP contribution in [0.15, 0.2) is 53.8 Å². The molecule has 2 N–H and O–H groups in total. The molecule has 0 bridgehead atoms. The number of benzene rings is 1. The maximum Gasteiger partial charge on any atom is 0.490 e. The smallest absolute Gasteiger partial charge is 0.481 e. The summed E-state index contributed by atoms with van der Waals surface area (Å²) in [6, 6.07) is 7.78. The largest absolute Gasteiger partial charge is 0.490 e. The van der Waals surface area contributed by atoms with Crippen molar-refractivity contribution in [1.82, 2.24) is 19.4 Å². The highest BCUT2D eigenvalue weighted by Gasteiger charge is 2.48. The van der Waals surface area contributed by atoms with Crippen LogP contribution in [-0.4, -0.2) is 57.9 Å². The number of sulfone groups is 1. The van der Waals surface area contributed by atoms with Crippen LogP contribution in [0.3, 0.4) is 0 Å². The lowest BCUT2D eigenvalue weighted by molar-refractivity contribution is -0.205. The van der Waals surface area contributed by atoms with E-state index < -0.39 is 32.8 Å². The highest BCUT2D eigenvalue weighted by atomic mass is 32.2. The van der Waals surface area contributed by atoms with Crippen LogP contribution in [0.5, 0.6) is 5.88 Å². The Labute approximate surface area is 227 Å². The third-order valence-electron chi connectivity index (χ3n) is 6.74. The number of aryl methyl sites for hydroxylation is 1. The number of fused-ring (bicyclic) bond motifs is 1. The van der Waals surface area contributed by atoms with Crippen molar-refractivity contribution in [2.24, 2.45) is 0 Å². The first kappa shape index (κ1) is 28.8. The van der Waals surface area contributed by atoms with E-state index in [-0.39, 0.29) is 10.7 Å². The summed E-state index contributed by atoms with van der Waals surface area (Å²) in [7, 11) is -2.85. The summed E-state index contributed by atoms with van der Waals surface area (Å²) in [6.45, 7) is 5.26. The van der Waals surface area contributed by atoms with Crippen molar-refractivity contribution >= 4 is 27.3 Å². The van der Waals surface area contributed by atoms with Crippen molar-refractivity contribution in [3.8, 4) is 28.4 Å². The molecule has 212 valence electrons. The number of rotatable bonds is 7. The van der Waals surface area contributed by atoms with Gasteiger partial charge in [-0.2, -0.15) is 13.2 Å². The number of hydrogen-bond donors (Lipinski definition) is 1. The SMILES string of the molecule is COc1ncccc1-c1cn2c(-c3cc(S(=O)(=O)C(C)(C)C(C)OC(=O)C(F)(F)F)ccc3C)cnc2c(N)n1. The van der Waals surface area contributed by atoms with E-state index in [4.69, 9.17) is 10.5 Å². The molecule has 40 heavy (non-hydrogen) atoms. The molecule has 0 fully saturated rings. The Morgan fingerprint density at radius 1 is 1.12 bits per heavy atom. The van der Waals surface area contributed by atoms with E-state index in [2.05, 4.69) is 19.7 Å². The first-order valence-corrected chi connectivity index (χ1v) is 13.3. The Morgan fingerprint density at radius 2 is 1.82 bits per heavy atom. The van der Waals surface area contributed by atoms with Gasteiger partial charge in [-0.15, -0.1) is 0 Å². The number of esters is 1. The zero-order valence-corrected chi connectivity index (χ0v) is 23.0.